The fourth-order valence-corrected chi connectivity index (χ4v) is 4.45. The third-order valence-electron chi connectivity index (χ3n) is 6.32. The Hall–Kier alpha value is -4.17. The monoisotopic (exact) mass is 472 g/mol. The molecule has 3 N–H and O–H groups in total. The maximum atomic E-state index is 12.6. The van der Waals surface area contributed by atoms with Crippen molar-refractivity contribution in [2.45, 2.75) is 24.9 Å². The first-order valence-electron chi connectivity index (χ1n) is 11.4. The van der Waals surface area contributed by atoms with Crippen LogP contribution >= 0.6 is 0 Å². The van der Waals surface area contributed by atoms with Crippen LogP contribution < -0.4 is 10.8 Å². The molecule has 1 unspecified atom stereocenters. The molecule has 1 saturated carbocycles. The van der Waals surface area contributed by atoms with Gasteiger partial charge in [0.05, 0.1) is 11.3 Å². The van der Waals surface area contributed by atoms with E-state index in [1.54, 1.807) is 18.2 Å². The maximum absolute atomic E-state index is 12.6. The Labute approximate surface area is 201 Å². The molecule has 0 saturated heterocycles. The third kappa shape index (κ3) is 4.74. The number of carboxylic acid groups (broad SMARTS) is 1. The summed E-state index contributed by atoms with van der Waals surface area (Å²) in [6.45, 7) is 0.138. The van der Waals surface area contributed by atoms with E-state index in [-0.39, 0.29) is 29.7 Å². The molecule has 0 bridgehead atoms. The summed E-state index contributed by atoms with van der Waals surface area (Å²) in [6, 6.07) is 22.5. The summed E-state index contributed by atoms with van der Waals surface area (Å²) in [5, 5.41) is 11.9. The standard InChI is InChI=1S/C27H24N2O6/c30-25(29-35-24(26(31)32)16-13-14-16)21-11-5-6-12-23(21)28-27(33)34-15-22-19-9-3-1-7-17(19)18-8-2-4-10-20(18)22/h1-12,16,22,24H,13-15H2,(H,28,33)(H,29,30)(H,31,32). The number of para-hydroxylation sites is 1. The molecule has 0 aromatic heterocycles. The van der Waals surface area contributed by atoms with Crippen LogP contribution in [0.2, 0.25) is 0 Å². The molecule has 2 aliphatic carbocycles. The number of ether oxygens (including phenoxy) is 1. The van der Waals surface area contributed by atoms with Crippen molar-refractivity contribution >= 4 is 23.7 Å². The molecule has 0 spiro atoms. The van der Waals surface area contributed by atoms with E-state index < -0.39 is 24.1 Å². The number of carboxylic acids is 1. The van der Waals surface area contributed by atoms with Crippen molar-refractivity contribution in [1.29, 1.82) is 0 Å². The van der Waals surface area contributed by atoms with E-state index in [2.05, 4.69) is 22.9 Å². The van der Waals surface area contributed by atoms with Crippen LogP contribution in [0.3, 0.4) is 0 Å². The van der Waals surface area contributed by atoms with Gasteiger partial charge >= 0.3 is 12.1 Å². The summed E-state index contributed by atoms with van der Waals surface area (Å²) in [6.07, 6.45) is -0.310. The van der Waals surface area contributed by atoms with Gasteiger partial charge in [0, 0.05) is 5.92 Å². The molecule has 8 heteroatoms. The Morgan fingerprint density at radius 1 is 0.886 bits per heavy atom. The average molecular weight is 472 g/mol. The quantitative estimate of drug-likeness (QED) is 0.414. The van der Waals surface area contributed by atoms with Crippen LogP contribution in [-0.2, 0) is 14.4 Å². The number of fused-ring (bicyclic) bond motifs is 3. The van der Waals surface area contributed by atoms with Crippen LogP contribution in [0.5, 0.6) is 0 Å². The Balaban J connectivity index is 1.23. The van der Waals surface area contributed by atoms with Gasteiger partial charge in [0.1, 0.15) is 6.61 Å². The minimum absolute atomic E-state index is 0.0875. The van der Waals surface area contributed by atoms with Crippen molar-refractivity contribution in [3.63, 3.8) is 0 Å². The Morgan fingerprint density at radius 3 is 2.11 bits per heavy atom. The molecular weight excluding hydrogens is 448 g/mol. The summed E-state index contributed by atoms with van der Waals surface area (Å²) in [7, 11) is 0. The van der Waals surface area contributed by atoms with Crippen LogP contribution in [0.25, 0.3) is 11.1 Å². The predicted octanol–water partition coefficient (Wildman–Crippen LogP) is 4.57. The predicted molar refractivity (Wildman–Crippen MR) is 128 cm³/mol. The Morgan fingerprint density at radius 2 is 1.49 bits per heavy atom. The molecule has 0 heterocycles. The molecule has 8 nitrogen and oxygen atoms in total. The van der Waals surface area contributed by atoms with Crippen molar-refractivity contribution < 1.29 is 29.1 Å². The second-order valence-corrected chi connectivity index (χ2v) is 8.64. The van der Waals surface area contributed by atoms with Crippen LogP contribution in [0.1, 0.15) is 40.2 Å². The number of benzene rings is 3. The zero-order valence-corrected chi connectivity index (χ0v) is 18.8. The summed E-state index contributed by atoms with van der Waals surface area (Å²) in [4.78, 5) is 41.8. The molecule has 178 valence electrons. The van der Waals surface area contributed by atoms with Gasteiger partial charge in [-0.3, -0.25) is 14.9 Å². The summed E-state index contributed by atoms with van der Waals surface area (Å²) < 4.78 is 5.56. The second-order valence-electron chi connectivity index (χ2n) is 8.64. The van der Waals surface area contributed by atoms with E-state index in [0.29, 0.717) is 0 Å². The zero-order chi connectivity index (χ0) is 24.4. The number of carbonyl (C=O) groups excluding carboxylic acids is 2. The fraction of sp³-hybridized carbons (Fsp3) is 0.222. The molecule has 3 aromatic rings. The normalized spacial score (nSPS) is 15.0. The first-order valence-corrected chi connectivity index (χ1v) is 11.4. The first-order chi connectivity index (χ1) is 17.0. The van der Waals surface area contributed by atoms with E-state index in [1.807, 2.05) is 36.4 Å². The number of rotatable bonds is 8. The Kier molecular flexibility index (Phi) is 6.20. The van der Waals surface area contributed by atoms with Crippen molar-refractivity contribution in [2.24, 2.45) is 5.92 Å². The summed E-state index contributed by atoms with van der Waals surface area (Å²) in [5.74, 6) is -1.98. The molecular formula is C27H24N2O6. The number of hydrogen-bond acceptors (Lipinski definition) is 5. The molecule has 0 radical (unpaired) electrons. The van der Waals surface area contributed by atoms with E-state index >= 15 is 0 Å². The maximum Gasteiger partial charge on any atom is 0.411 e. The molecule has 3 aromatic carbocycles. The van der Waals surface area contributed by atoms with Crippen molar-refractivity contribution in [2.75, 3.05) is 11.9 Å². The molecule has 1 atom stereocenters. The molecule has 2 amide bonds. The minimum atomic E-state index is -1.13. The highest BCUT2D eigenvalue weighted by atomic mass is 16.7. The van der Waals surface area contributed by atoms with Crippen molar-refractivity contribution in [1.82, 2.24) is 5.48 Å². The van der Waals surface area contributed by atoms with Gasteiger partial charge in [-0.2, -0.15) is 0 Å². The van der Waals surface area contributed by atoms with Crippen LogP contribution in [0.15, 0.2) is 72.8 Å². The molecule has 5 rings (SSSR count). The van der Waals surface area contributed by atoms with Crippen LogP contribution in [-0.4, -0.2) is 35.8 Å². The summed E-state index contributed by atoms with van der Waals surface area (Å²) >= 11 is 0. The Bertz CT molecular complexity index is 1240. The van der Waals surface area contributed by atoms with Gasteiger partial charge in [0.25, 0.3) is 5.91 Å². The highest BCUT2D eigenvalue weighted by molar-refractivity contribution is 6.02. The number of hydrogen-bond donors (Lipinski definition) is 3. The summed E-state index contributed by atoms with van der Waals surface area (Å²) in [5.41, 5.74) is 7.01. The van der Waals surface area contributed by atoms with E-state index in [1.165, 1.54) is 6.07 Å². The van der Waals surface area contributed by atoms with Gasteiger partial charge in [-0.05, 0) is 53.1 Å². The van der Waals surface area contributed by atoms with E-state index in [4.69, 9.17) is 9.57 Å². The van der Waals surface area contributed by atoms with E-state index in [0.717, 1.165) is 35.1 Å². The van der Waals surface area contributed by atoms with E-state index in [9.17, 15) is 19.5 Å². The van der Waals surface area contributed by atoms with Crippen molar-refractivity contribution in [3.05, 3.63) is 89.5 Å². The SMILES string of the molecule is O=C(Nc1ccccc1C(=O)NOC(C(=O)O)C1CC1)OCC1c2ccccc2-c2ccccc21. The average Bonchev–Trinajstić information content (AvgIpc) is 3.65. The number of hydroxylamine groups is 1. The van der Waals surface area contributed by atoms with Gasteiger partial charge in [-0.15, -0.1) is 0 Å². The highest BCUT2D eigenvalue weighted by Gasteiger charge is 2.38. The number of carbonyl (C=O) groups is 3. The van der Waals surface area contributed by atoms with Crippen molar-refractivity contribution in [3.8, 4) is 11.1 Å². The smallest absolute Gasteiger partial charge is 0.411 e. The lowest BCUT2D eigenvalue weighted by Gasteiger charge is -2.16. The number of anilines is 1. The van der Waals surface area contributed by atoms with Gasteiger partial charge in [-0.1, -0.05) is 60.7 Å². The topological polar surface area (TPSA) is 114 Å². The number of nitrogens with one attached hydrogen (secondary N) is 2. The lowest BCUT2D eigenvalue weighted by Crippen LogP contribution is -2.36. The van der Waals surface area contributed by atoms with Crippen LogP contribution in [0, 0.1) is 5.92 Å². The van der Waals surface area contributed by atoms with Gasteiger partial charge in [-0.25, -0.2) is 15.1 Å². The minimum Gasteiger partial charge on any atom is -0.479 e. The highest BCUT2D eigenvalue weighted by Crippen LogP contribution is 2.44. The van der Waals surface area contributed by atoms with Gasteiger partial charge in [0.15, 0.2) is 6.10 Å². The molecule has 35 heavy (non-hydrogen) atoms. The number of amides is 2. The largest absolute Gasteiger partial charge is 0.479 e. The molecule has 0 aliphatic heterocycles. The lowest BCUT2D eigenvalue weighted by atomic mass is 9.98. The molecule has 1 fully saturated rings. The lowest BCUT2D eigenvalue weighted by molar-refractivity contribution is -0.155. The zero-order valence-electron chi connectivity index (χ0n) is 18.8. The first kappa shape index (κ1) is 22.6. The molecule has 2 aliphatic rings. The van der Waals surface area contributed by atoms with Gasteiger partial charge in [0.2, 0.25) is 0 Å². The third-order valence-corrected chi connectivity index (χ3v) is 6.32. The fourth-order valence-electron chi connectivity index (χ4n) is 4.45. The second kappa shape index (κ2) is 9.60. The van der Waals surface area contributed by atoms with Crippen LogP contribution in [0.4, 0.5) is 10.5 Å². The number of aliphatic carboxylic acids is 1. The van der Waals surface area contributed by atoms with Gasteiger partial charge < -0.3 is 9.84 Å².